The Hall–Kier alpha value is -7.18. The van der Waals surface area contributed by atoms with E-state index in [1.807, 2.05) is 13.8 Å². The Morgan fingerprint density at radius 3 is 0.782 bits per heavy atom. The van der Waals surface area contributed by atoms with Crippen molar-refractivity contribution in [1.82, 2.24) is 0 Å². The van der Waals surface area contributed by atoms with Crippen LogP contribution in [0, 0.1) is 0 Å². The fourth-order valence-electron chi connectivity index (χ4n) is 9.05. The number of rotatable bonds is 67. The third-order valence-electron chi connectivity index (χ3n) is 14.0. The van der Waals surface area contributed by atoms with Crippen molar-refractivity contribution in [1.29, 1.82) is 0 Å². The van der Waals surface area contributed by atoms with Crippen LogP contribution in [0.2, 0.25) is 0 Å². The zero-order valence-electron chi connectivity index (χ0n) is 62.5. The van der Waals surface area contributed by atoms with Gasteiger partial charge in [-0.2, -0.15) is 0 Å². The summed E-state index contributed by atoms with van der Waals surface area (Å²) in [7, 11) is 0. The quantitative estimate of drug-likeness (QED) is 0.0298. The fraction of sp³-hybridized carbons (Fsp3) is 0.739. The molecule has 0 bridgehead atoms. The number of carboxylic acids is 10. The Morgan fingerprint density at radius 1 is 0.309 bits per heavy atom. The van der Waals surface area contributed by atoms with Crippen LogP contribution in [0.5, 0.6) is 0 Å². The van der Waals surface area contributed by atoms with Crippen molar-refractivity contribution in [2.45, 2.75) is 183 Å². The van der Waals surface area contributed by atoms with Crippen LogP contribution in [-0.4, -0.2) is 362 Å². The van der Waals surface area contributed by atoms with Gasteiger partial charge >= 0.3 is 59.7 Å². The molecule has 13 atom stereocenters. The van der Waals surface area contributed by atoms with Crippen LogP contribution in [0.3, 0.4) is 0 Å². The molecule has 41 nitrogen and oxygen atoms in total. The third kappa shape index (κ3) is 56.1. The van der Waals surface area contributed by atoms with Crippen molar-refractivity contribution < 1.29 is 200 Å². The van der Waals surface area contributed by atoms with Crippen molar-refractivity contribution in [3.8, 4) is 0 Å². The number of aliphatic hydroxyl groups excluding tert-OH is 3. The minimum absolute atomic E-state index is 0.0111. The molecule has 41 heteroatoms. The van der Waals surface area contributed by atoms with Crippen LogP contribution >= 0.6 is 0 Å². The van der Waals surface area contributed by atoms with Gasteiger partial charge in [-0.05, 0) is 27.7 Å². The molecule has 110 heavy (non-hydrogen) atoms. The second kappa shape index (κ2) is 63.3. The highest BCUT2D eigenvalue weighted by atomic mass is 16.8. The lowest BCUT2D eigenvalue weighted by Gasteiger charge is -2.31. The van der Waals surface area contributed by atoms with Gasteiger partial charge in [0.1, 0.15) is 79.4 Å². The molecular formula is C69H114O41. The van der Waals surface area contributed by atoms with Crippen LogP contribution in [0.1, 0.15) is 91.9 Å². The van der Waals surface area contributed by atoms with Crippen molar-refractivity contribution in [2.24, 2.45) is 0 Å². The van der Waals surface area contributed by atoms with Gasteiger partial charge in [0.25, 0.3) is 0 Å². The van der Waals surface area contributed by atoms with E-state index in [1.165, 1.54) is 0 Å². The van der Waals surface area contributed by atoms with E-state index in [-0.39, 0.29) is 169 Å². The molecule has 0 saturated carbocycles. The maximum absolute atomic E-state index is 10.9. The summed E-state index contributed by atoms with van der Waals surface area (Å²) in [6.07, 6.45) is -7.76. The van der Waals surface area contributed by atoms with Crippen LogP contribution in [-0.2, 0) is 133 Å². The molecule has 13 N–H and O–H groups in total. The number of carboxylic acid groups (broad SMARTS) is 10. The van der Waals surface area contributed by atoms with Gasteiger partial charge in [-0.15, -0.1) is 26.3 Å². The smallest absolute Gasteiger partial charge is 0.305 e. The molecule has 0 radical (unpaired) electrons. The Balaban J connectivity index is 0. The highest BCUT2D eigenvalue weighted by molar-refractivity contribution is 5.69. The maximum Gasteiger partial charge on any atom is 0.305 e. The van der Waals surface area contributed by atoms with Crippen LogP contribution in [0.25, 0.3) is 0 Å². The molecule has 2 aliphatic rings. The number of ether oxygens (including phenoxy) is 18. The van der Waals surface area contributed by atoms with Gasteiger partial charge in [0.15, 0.2) is 11.6 Å². The molecule has 13 unspecified atom stereocenters. The molecule has 2 heterocycles. The van der Waals surface area contributed by atoms with E-state index >= 15 is 0 Å². The number of hydrogen-bond acceptors (Lipinski definition) is 31. The van der Waals surface area contributed by atoms with Gasteiger partial charge in [0.2, 0.25) is 0 Å². The molecule has 0 aliphatic carbocycles. The summed E-state index contributed by atoms with van der Waals surface area (Å²) in [5, 5.41) is 117. The van der Waals surface area contributed by atoms with Crippen LogP contribution in [0.15, 0.2) is 50.6 Å². The van der Waals surface area contributed by atoms with E-state index in [1.54, 1.807) is 38.2 Å². The molecule has 2 fully saturated rings. The molecule has 0 spiro atoms. The first kappa shape index (κ1) is 105. The van der Waals surface area contributed by atoms with Gasteiger partial charge in [0, 0.05) is 0 Å². The normalized spacial score (nSPS) is 18.5. The summed E-state index contributed by atoms with van der Waals surface area (Å²) in [6, 6.07) is 0. The number of aliphatic carboxylic acids is 10. The van der Waals surface area contributed by atoms with Gasteiger partial charge in [0.05, 0.1) is 210 Å². The highest BCUT2D eigenvalue weighted by Gasteiger charge is 2.51. The summed E-state index contributed by atoms with van der Waals surface area (Å²) >= 11 is 0. The Morgan fingerprint density at radius 2 is 0.527 bits per heavy atom. The van der Waals surface area contributed by atoms with E-state index in [4.69, 9.17) is 141 Å². The lowest BCUT2D eigenvalue weighted by atomic mass is 10.0. The van der Waals surface area contributed by atoms with Crippen molar-refractivity contribution in [2.75, 3.05) is 145 Å². The van der Waals surface area contributed by atoms with Crippen molar-refractivity contribution in [3.63, 3.8) is 0 Å². The molecule has 0 aromatic rings. The van der Waals surface area contributed by atoms with Gasteiger partial charge in [-0.3, -0.25) is 47.9 Å². The molecule has 636 valence electrons. The fourth-order valence-corrected chi connectivity index (χ4v) is 9.05. The minimum atomic E-state index is -1.72. The second-order valence-electron chi connectivity index (χ2n) is 24.2. The molecule has 0 amide bonds. The first-order valence-electron chi connectivity index (χ1n) is 34.6. The summed E-state index contributed by atoms with van der Waals surface area (Å²) in [5.74, 6) is -12.8. The summed E-state index contributed by atoms with van der Waals surface area (Å²) in [5.41, 5.74) is 0. The minimum Gasteiger partial charge on any atom is -0.481 e. The van der Waals surface area contributed by atoms with E-state index in [9.17, 15) is 58.2 Å². The molecule has 2 rings (SSSR count). The third-order valence-corrected chi connectivity index (χ3v) is 14.0. The number of carbonyl (C=O) groups is 10. The van der Waals surface area contributed by atoms with E-state index < -0.39 is 151 Å². The van der Waals surface area contributed by atoms with Gasteiger partial charge < -0.3 is 152 Å². The summed E-state index contributed by atoms with van der Waals surface area (Å²) in [4.78, 5) is 106. The lowest BCUT2D eigenvalue weighted by molar-refractivity contribution is -0.172. The zero-order valence-corrected chi connectivity index (χ0v) is 62.5. The van der Waals surface area contributed by atoms with Crippen LogP contribution < -0.4 is 0 Å². The predicted octanol–water partition coefficient (Wildman–Crippen LogP) is 1.00. The SMILES string of the molecule is C=CCOCC(OCC=C)C1OC(C)(C)OC1C(COCC=C)OCC=C.CC1(C)OC(C(COCCC(=O)O)OCCC(=O)O)C(C(COCCC(=O)O)OCCC(=O)O)O1.O=C(O)CCOCC(CO)OCCC(=O)O.O=C(O)CCOCC(OCCC(=O)O)C(O)C(O)C(COCCC(=O)O)OCCC(=O)O. The molecular weight excluding hydrogens is 1480 g/mol. The average Bonchev–Trinajstić information content (AvgIpc) is 1.66. The highest BCUT2D eigenvalue weighted by Crippen LogP contribution is 2.36. The van der Waals surface area contributed by atoms with Crippen molar-refractivity contribution >= 4 is 59.7 Å². The predicted molar refractivity (Wildman–Crippen MR) is 374 cm³/mol. The summed E-state index contributed by atoms with van der Waals surface area (Å²) < 4.78 is 100. The summed E-state index contributed by atoms with van der Waals surface area (Å²) in [6.45, 7) is 21.0. The zero-order chi connectivity index (χ0) is 83.5. The van der Waals surface area contributed by atoms with Gasteiger partial charge in [-0.1, -0.05) is 24.3 Å². The number of hydrogen-bond donors (Lipinski definition) is 13. The second-order valence-corrected chi connectivity index (χ2v) is 24.2. The largest absolute Gasteiger partial charge is 0.481 e. The molecule has 0 aromatic carbocycles. The van der Waals surface area contributed by atoms with Gasteiger partial charge in [-0.25, -0.2) is 0 Å². The van der Waals surface area contributed by atoms with E-state index in [2.05, 4.69) is 26.3 Å². The lowest BCUT2D eigenvalue weighted by Crippen LogP contribution is -2.50. The average molecular weight is 1600 g/mol. The monoisotopic (exact) mass is 1600 g/mol. The first-order chi connectivity index (χ1) is 52.0. The standard InChI is InChI=1S/C21H34O14.C21H34O6.C18H30O14.C9H16O7/c1-21(2)34-19(13(32-9-5-17(26)27)11-30-7-3-15(22)23)20(35-21)14(33-10-6-18(28)29)12-31-8-4-16(24)25;1-7-11-22-15-17(24-13-9-3)19-20(27-21(5,6)26-19)18(25-14-10-4)16-23-12-8-2;19-13(20)1-5-29-9-11(31-7-3-15(23)24)17(27)18(28)12(32-8-4-16(25)26)10-30-6-2-14(21)22;10-5-7(16-4-2-9(13)14)6-15-3-1-8(11)12/h13-14,19-20H,3-12H2,1-2H3,(H,22,23)(H,24,25)(H,26,27)(H,28,29);7-10,17-20H,1-4,11-16H2,5-6H3;11-12,17-18,27-28H,1-10H2,(H,19,20)(H,21,22)(H,23,24)(H,25,26);7,10H,1-6H2,(H,11,12)(H,13,14). The maximum atomic E-state index is 10.9. The van der Waals surface area contributed by atoms with Crippen molar-refractivity contribution in [3.05, 3.63) is 50.6 Å². The van der Waals surface area contributed by atoms with E-state index in [0.29, 0.717) is 39.6 Å². The topological polar surface area (TPSA) is 600 Å². The van der Waals surface area contributed by atoms with Crippen LogP contribution in [0.4, 0.5) is 0 Å². The number of aliphatic hydroxyl groups is 3. The molecule has 2 aliphatic heterocycles. The molecule has 2 saturated heterocycles. The molecule has 0 aromatic heterocycles. The Labute approximate surface area is 636 Å². The van der Waals surface area contributed by atoms with E-state index in [0.717, 1.165) is 0 Å². The Kier molecular flexibility index (Phi) is 60.4. The first-order valence-corrected chi connectivity index (χ1v) is 34.6. The Bertz CT molecular complexity index is 2480.